The molecular weight excluding hydrogens is 317 g/mol. The number of nitrogens with zero attached hydrogens (tertiary/aromatic N) is 1. The Hall–Kier alpha value is -2.91. The second-order valence-electron chi connectivity index (χ2n) is 3.69. The first kappa shape index (κ1) is 17.1. The molecule has 2 aromatic rings. The molecule has 0 heterocycles. The molecule has 2 rings (SSSR count). The number of rotatable bonds is 1. The highest BCUT2D eigenvalue weighted by atomic mass is 19.2. The van der Waals surface area contributed by atoms with Gasteiger partial charge in [0.15, 0.2) is 5.75 Å². The van der Waals surface area contributed by atoms with Gasteiger partial charge in [0.05, 0.1) is 4.92 Å². The van der Waals surface area contributed by atoms with Crippen LogP contribution in [0.25, 0.3) is 0 Å². The molecule has 0 aliphatic carbocycles. The van der Waals surface area contributed by atoms with Crippen molar-refractivity contribution in [2.45, 2.75) is 0 Å². The lowest BCUT2D eigenvalue weighted by atomic mass is 10.3. The summed E-state index contributed by atoms with van der Waals surface area (Å²) in [5, 5.41) is 27.0. The van der Waals surface area contributed by atoms with E-state index in [0.29, 0.717) is 0 Å². The maximum atomic E-state index is 12.2. The molecule has 22 heavy (non-hydrogen) atoms. The Morgan fingerprint density at radius 1 is 0.773 bits per heavy atom. The second kappa shape index (κ2) is 6.70. The number of nitro groups is 1. The fraction of sp³-hybridized carbons (Fsp3) is 0. The molecule has 0 amide bonds. The first-order valence-corrected chi connectivity index (χ1v) is 5.30. The Morgan fingerprint density at radius 2 is 1.14 bits per heavy atom. The number of phenols is 2. The summed E-state index contributed by atoms with van der Waals surface area (Å²) in [7, 11) is 0. The molecule has 0 aliphatic rings. The molecule has 0 spiro atoms. The highest BCUT2D eigenvalue weighted by Crippen LogP contribution is 2.27. The summed E-state index contributed by atoms with van der Waals surface area (Å²) in [5.74, 6) is -12.9. The van der Waals surface area contributed by atoms with E-state index in [1.807, 2.05) is 0 Å². The Balaban J connectivity index is 0.000000224. The lowest BCUT2D eigenvalue weighted by Gasteiger charge is -2.00. The third-order valence-electron chi connectivity index (χ3n) is 2.25. The van der Waals surface area contributed by atoms with Crippen molar-refractivity contribution in [3.63, 3.8) is 0 Å². The SMILES string of the molecule is O=[N+]([O-])c1ccc(O)cc1.Oc1c(F)c(F)c(F)c(F)c1F. The summed E-state index contributed by atoms with van der Waals surface area (Å²) < 4.78 is 60.6. The smallest absolute Gasteiger partial charge is 0.269 e. The Morgan fingerprint density at radius 3 is 1.50 bits per heavy atom. The van der Waals surface area contributed by atoms with Crippen LogP contribution in [0.3, 0.4) is 0 Å². The zero-order valence-corrected chi connectivity index (χ0v) is 10.4. The highest BCUT2D eigenvalue weighted by Gasteiger charge is 2.24. The van der Waals surface area contributed by atoms with Crippen molar-refractivity contribution in [2.75, 3.05) is 0 Å². The average molecular weight is 323 g/mol. The van der Waals surface area contributed by atoms with Crippen molar-refractivity contribution in [1.29, 1.82) is 0 Å². The minimum absolute atomic E-state index is 0.0159. The molecule has 0 atom stereocenters. The Bertz CT molecular complexity index is 601. The predicted octanol–water partition coefficient (Wildman–Crippen LogP) is 3.39. The van der Waals surface area contributed by atoms with E-state index in [4.69, 9.17) is 10.2 Å². The van der Waals surface area contributed by atoms with Crippen molar-refractivity contribution in [2.24, 2.45) is 0 Å². The molecule has 0 saturated heterocycles. The molecule has 0 fully saturated rings. The molecule has 0 aliphatic heterocycles. The predicted molar refractivity (Wildman–Crippen MR) is 62.7 cm³/mol. The van der Waals surface area contributed by atoms with E-state index >= 15 is 0 Å². The van der Waals surface area contributed by atoms with Crippen molar-refractivity contribution >= 4 is 5.69 Å². The van der Waals surface area contributed by atoms with Gasteiger partial charge in [0.1, 0.15) is 5.75 Å². The average Bonchev–Trinajstić information content (AvgIpc) is 2.50. The van der Waals surface area contributed by atoms with E-state index in [2.05, 4.69) is 0 Å². The summed E-state index contributed by atoms with van der Waals surface area (Å²) in [6.45, 7) is 0. The van der Waals surface area contributed by atoms with Crippen LogP contribution in [-0.2, 0) is 0 Å². The van der Waals surface area contributed by atoms with Crippen LogP contribution >= 0.6 is 0 Å². The standard InChI is InChI=1S/C6HF5O.C6H5NO3/c7-1-2(8)4(10)6(12)5(11)3(1)9;8-6-3-1-5(2-4-6)7(9)10/h12H;1-4,8H. The normalized spacial score (nSPS) is 9.86. The van der Waals surface area contributed by atoms with Crippen LogP contribution in [0.4, 0.5) is 27.6 Å². The van der Waals surface area contributed by atoms with E-state index in [-0.39, 0.29) is 11.4 Å². The molecule has 10 heteroatoms. The third-order valence-corrected chi connectivity index (χ3v) is 2.25. The summed E-state index contributed by atoms with van der Waals surface area (Å²) in [6, 6.07) is 5.04. The molecule has 0 radical (unpaired) electrons. The number of halogens is 5. The van der Waals surface area contributed by atoms with Gasteiger partial charge in [-0.15, -0.1) is 0 Å². The molecule has 2 aromatic carbocycles. The Labute approximate surface area is 119 Å². The zero-order valence-electron chi connectivity index (χ0n) is 10.4. The number of benzene rings is 2. The molecule has 0 aromatic heterocycles. The fourth-order valence-electron chi connectivity index (χ4n) is 1.17. The summed E-state index contributed by atoms with van der Waals surface area (Å²) in [5.41, 5.74) is -0.0159. The van der Waals surface area contributed by atoms with Crippen molar-refractivity contribution in [3.8, 4) is 11.5 Å². The van der Waals surface area contributed by atoms with E-state index in [0.717, 1.165) is 0 Å². The van der Waals surface area contributed by atoms with Gasteiger partial charge in [-0.1, -0.05) is 0 Å². The van der Waals surface area contributed by atoms with Crippen LogP contribution < -0.4 is 0 Å². The van der Waals surface area contributed by atoms with E-state index in [1.54, 1.807) is 0 Å². The number of phenolic OH excluding ortho intramolecular Hbond substituents is 2. The van der Waals surface area contributed by atoms with E-state index in [1.165, 1.54) is 24.3 Å². The second-order valence-corrected chi connectivity index (χ2v) is 3.69. The lowest BCUT2D eigenvalue weighted by Crippen LogP contribution is -2.00. The lowest BCUT2D eigenvalue weighted by molar-refractivity contribution is -0.384. The molecule has 2 N–H and O–H groups in total. The van der Waals surface area contributed by atoms with Crippen LogP contribution in [0, 0.1) is 39.2 Å². The highest BCUT2D eigenvalue weighted by molar-refractivity contribution is 5.35. The number of non-ortho nitro benzene ring substituents is 1. The fourth-order valence-corrected chi connectivity index (χ4v) is 1.17. The maximum Gasteiger partial charge on any atom is 0.269 e. The minimum atomic E-state index is -2.29. The molecular formula is C12H6F5NO4. The minimum Gasteiger partial charge on any atom is -0.508 e. The number of hydrogen-bond acceptors (Lipinski definition) is 4. The van der Waals surface area contributed by atoms with Crippen LogP contribution in [0.15, 0.2) is 24.3 Å². The number of hydrogen-bond donors (Lipinski definition) is 2. The first-order chi connectivity index (χ1) is 10.2. The monoisotopic (exact) mass is 323 g/mol. The van der Waals surface area contributed by atoms with Gasteiger partial charge < -0.3 is 10.2 Å². The Kier molecular flexibility index (Phi) is 5.22. The van der Waals surface area contributed by atoms with Gasteiger partial charge in [-0.2, -0.15) is 8.78 Å². The van der Waals surface area contributed by atoms with Crippen molar-refractivity contribution in [1.82, 2.24) is 0 Å². The van der Waals surface area contributed by atoms with Gasteiger partial charge in [0.25, 0.3) is 5.69 Å². The van der Waals surface area contributed by atoms with Gasteiger partial charge >= 0.3 is 0 Å². The molecule has 0 saturated carbocycles. The first-order valence-electron chi connectivity index (χ1n) is 5.30. The van der Waals surface area contributed by atoms with Crippen LogP contribution in [-0.4, -0.2) is 15.1 Å². The topological polar surface area (TPSA) is 83.6 Å². The van der Waals surface area contributed by atoms with Crippen LogP contribution in [0.5, 0.6) is 11.5 Å². The van der Waals surface area contributed by atoms with Gasteiger partial charge in [-0.25, -0.2) is 13.2 Å². The van der Waals surface area contributed by atoms with E-state index < -0.39 is 39.8 Å². The molecule has 0 unspecified atom stereocenters. The van der Waals surface area contributed by atoms with Gasteiger partial charge in [0.2, 0.25) is 29.1 Å². The van der Waals surface area contributed by atoms with E-state index in [9.17, 15) is 32.1 Å². The summed E-state index contributed by atoms with van der Waals surface area (Å²) in [4.78, 5) is 9.52. The van der Waals surface area contributed by atoms with Crippen LogP contribution in [0.1, 0.15) is 0 Å². The molecule has 0 bridgehead atoms. The van der Waals surface area contributed by atoms with Gasteiger partial charge in [0, 0.05) is 12.1 Å². The number of aromatic hydroxyl groups is 2. The summed E-state index contributed by atoms with van der Waals surface area (Å²) in [6.07, 6.45) is 0. The quantitative estimate of drug-likeness (QED) is 0.277. The van der Waals surface area contributed by atoms with Crippen LogP contribution in [0.2, 0.25) is 0 Å². The third kappa shape index (κ3) is 3.59. The number of nitro benzene ring substituents is 1. The van der Waals surface area contributed by atoms with Gasteiger partial charge in [-0.05, 0) is 12.1 Å². The molecule has 5 nitrogen and oxygen atoms in total. The zero-order chi connectivity index (χ0) is 17.0. The van der Waals surface area contributed by atoms with Crippen molar-refractivity contribution in [3.05, 3.63) is 63.5 Å². The van der Waals surface area contributed by atoms with Crippen molar-refractivity contribution < 1.29 is 37.1 Å². The molecule has 118 valence electrons. The largest absolute Gasteiger partial charge is 0.508 e. The van der Waals surface area contributed by atoms with Gasteiger partial charge in [-0.3, -0.25) is 10.1 Å². The maximum absolute atomic E-state index is 12.2. The summed E-state index contributed by atoms with van der Waals surface area (Å²) >= 11 is 0.